The fourth-order valence-electron chi connectivity index (χ4n) is 1.31. The van der Waals surface area contributed by atoms with Gasteiger partial charge in [-0.25, -0.2) is 4.79 Å². The Morgan fingerprint density at radius 3 is 2.72 bits per heavy atom. The van der Waals surface area contributed by atoms with Gasteiger partial charge in [-0.1, -0.05) is 11.6 Å². The molecule has 0 aromatic heterocycles. The number of halogens is 3. The van der Waals surface area contributed by atoms with Crippen molar-refractivity contribution in [3.05, 3.63) is 28.8 Å². The monoisotopic (exact) mass is 280 g/mol. The van der Waals surface area contributed by atoms with E-state index in [0.29, 0.717) is 0 Å². The molecule has 0 amide bonds. The van der Waals surface area contributed by atoms with Gasteiger partial charge < -0.3 is 14.6 Å². The molecule has 0 saturated carbocycles. The van der Waals surface area contributed by atoms with Crippen LogP contribution in [0.25, 0.3) is 0 Å². The minimum absolute atomic E-state index is 0.0386. The molecule has 0 heterocycles. The highest BCUT2D eigenvalue weighted by molar-refractivity contribution is 6.30. The number of carbonyl (C=O) groups is 1. The molecule has 100 valence electrons. The summed E-state index contributed by atoms with van der Waals surface area (Å²) in [6, 6.07) is 3.78. The van der Waals surface area contributed by atoms with Gasteiger partial charge in [0.15, 0.2) is 0 Å². The second-order valence-corrected chi connectivity index (χ2v) is 3.87. The summed E-state index contributed by atoms with van der Waals surface area (Å²) in [7, 11) is 1.25. The van der Waals surface area contributed by atoms with Crippen LogP contribution in [0.15, 0.2) is 18.2 Å². The fourth-order valence-corrected chi connectivity index (χ4v) is 1.48. The number of hydrogen-bond acceptors (Lipinski definition) is 3. The molecule has 1 aromatic rings. The first-order valence-electron chi connectivity index (χ1n) is 4.88. The lowest BCUT2D eigenvalue weighted by molar-refractivity contribution is -0.147. The molecule has 0 fully saturated rings. The van der Waals surface area contributed by atoms with Crippen molar-refractivity contribution in [2.75, 3.05) is 20.3 Å². The van der Waals surface area contributed by atoms with Crippen LogP contribution in [-0.4, -0.2) is 31.4 Å². The maximum absolute atomic E-state index is 13.8. The van der Waals surface area contributed by atoms with Crippen LogP contribution < -0.4 is 4.74 Å². The summed E-state index contributed by atoms with van der Waals surface area (Å²) in [4.78, 5) is 10.2. The van der Waals surface area contributed by atoms with E-state index in [4.69, 9.17) is 21.4 Å². The van der Waals surface area contributed by atoms with Gasteiger partial charge in [0.05, 0.1) is 12.7 Å². The Bertz CT molecular complexity index is 437. The van der Waals surface area contributed by atoms with Crippen LogP contribution in [0.5, 0.6) is 5.75 Å². The van der Waals surface area contributed by atoms with E-state index >= 15 is 0 Å². The number of rotatable bonds is 6. The lowest BCUT2D eigenvalue weighted by Gasteiger charge is -2.19. The van der Waals surface area contributed by atoms with Gasteiger partial charge in [0, 0.05) is 5.02 Å². The number of benzene rings is 1. The van der Waals surface area contributed by atoms with Crippen LogP contribution >= 0.6 is 11.6 Å². The quantitative estimate of drug-likeness (QED) is 0.870. The number of hydrogen-bond donors (Lipinski definition) is 1. The van der Waals surface area contributed by atoms with Gasteiger partial charge in [-0.05, 0) is 18.2 Å². The van der Waals surface area contributed by atoms with E-state index in [1.54, 1.807) is 0 Å². The molecule has 0 spiro atoms. The van der Waals surface area contributed by atoms with E-state index in [1.165, 1.54) is 19.2 Å². The molecule has 0 aliphatic rings. The summed E-state index contributed by atoms with van der Waals surface area (Å²) < 4.78 is 36.8. The van der Waals surface area contributed by atoms with Crippen molar-refractivity contribution in [1.29, 1.82) is 0 Å². The van der Waals surface area contributed by atoms with Gasteiger partial charge in [0.1, 0.15) is 19.0 Å². The van der Waals surface area contributed by atoms with Gasteiger partial charge >= 0.3 is 5.97 Å². The first-order chi connectivity index (χ1) is 8.36. The fraction of sp³-hybridized carbons (Fsp3) is 0.364. The summed E-state index contributed by atoms with van der Waals surface area (Å²) in [5, 5.41) is 8.44. The first-order valence-corrected chi connectivity index (χ1v) is 5.26. The molecule has 1 aromatic carbocycles. The van der Waals surface area contributed by atoms with Crippen LogP contribution in [-0.2, 0) is 15.5 Å². The van der Waals surface area contributed by atoms with Crippen LogP contribution in [0.4, 0.5) is 8.78 Å². The first kappa shape index (κ1) is 14.7. The molecule has 0 atom stereocenters. The number of alkyl halides is 2. The highest BCUT2D eigenvalue weighted by Gasteiger charge is 2.35. The predicted octanol–water partition coefficient (Wildman–Crippen LogP) is 2.54. The Morgan fingerprint density at radius 1 is 1.50 bits per heavy atom. The zero-order valence-corrected chi connectivity index (χ0v) is 10.2. The second kappa shape index (κ2) is 5.97. The molecule has 1 N–H and O–H groups in total. The summed E-state index contributed by atoms with van der Waals surface area (Å²) in [6.45, 7) is -1.85. The Hall–Kier alpha value is -1.40. The minimum atomic E-state index is -3.38. The number of methoxy groups -OCH3 is 1. The van der Waals surface area contributed by atoms with Crippen LogP contribution in [0, 0.1) is 0 Å². The molecular weight excluding hydrogens is 270 g/mol. The number of carboxylic acid groups (broad SMARTS) is 1. The Morgan fingerprint density at radius 2 is 2.17 bits per heavy atom. The average molecular weight is 281 g/mol. The van der Waals surface area contributed by atoms with Gasteiger partial charge in [-0.3, -0.25) is 0 Å². The lowest BCUT2D eigenvalue weighted by atomic mass is 10.1. The second-order valence-electron chi connectivity index (χ2n) is 3.44. The van der Waals surface area contributed by atoms with Crippen LogP contribution in [0.2, 0.25) is 5.02 Å². The summed E-state index contributed by atoms with van der Waals surface area (Å²) in [5.41, 5.74) is -0.442. The van der Waals surface area contributed by atoms with E-state index in [2.05, 4.69) is 4.74 Å². The Balaban J connectivity index is 2.88. The molecule has 7 heteroatoms. The third-order valence-electron chi connectivity index (χ3n) is 2.06. The zero-order valence-electron chi connectivity index (χ0n) is 9.45. The van der Waals surface area contributed by atoms with Crippen LogP contribution in [0.1, 0.15) is 5.56 Å². The summed E-state index contributed by atoms with van der Waals surface area (Å²) in [6.07, 6.45) is 0. The molecule has 0 aliphatic carbocycles. The third-order valence-corrected chi connectivity index (χ3v) is 2.30. The molecule has 18 heavy (non-hydrogen) atoms. The molecular formula is C11H11ClF2O4. The largest absolute Gasteiger partial charge is 0.496 e. The average Bonchev–Trinajstić information content (AvgIpc) is 2.28. The molecule has 0 aliphatic heterocycles. The number of aliphatic carboxylic acids is 1. The van der Waals surface area contributed by atoms with Crippen molar-refractivity contribution in [2.45, 2.75) is 5.92 Å². The number of carboxylic acids is 1. The summed E-state index contributed by atoms with van der Waals surface area (Å²) >= 11 is 5.64. The molecule has 1 rings (SSSR count). The van der Waals surface area contributed by atoms with Crippen molar-refractivity contribution in [3.8, 4) is 5.75 Å². The SMILES string of the molecule is COc1ccc(Cl)cc1C(F)(F)COCC(=O)O. The highest BCUT2D eigenvalue weighted by atomic mass is 35.5. The smallest absolute Gasteiger partial charge is 0.329 e. The minimum Gasteiger partial charge on any atom is -0.496 e. The van der Waals surface area contributed by atoms with Crippen LogP contribution in [0.3, 0.4) is 0 Å². The lowest BCUT2D eigenvalue weighted by Crippen LogP contribution is -2.24. The number of ether oxygens (including phenoxy) is 2. The van der Waals surface area contributed by atoms with E-state index in [1.807, 2.05) is 0 Å². The molecule has 4 nitrogen and oxygen atoms in total. The van der Waals surface area contributed by atoms with Crippen molar-refractivity contribution < 1.29 is 28.2 Å². The van der Waals surface area contributed by atoms with Crippen molar-refractivity contribution in [2.24, 2.45) is 0 Å². The van der Waals surface area contributed by atoms with Gasteiger partial charge in [-0.2, -0.15) is 8.78 Å². The van der Waals surface area contributed by atoms with Gasteiger partial charge in [-0.15, -0.1) is 0 Å². The maximum atomic E-state index is 13.8. The molecule has 0 radical (unpaired) electrons. The maximum Gasteiger partial charge on any atom is 0.329 e. The Labute approximate surface area is 107 Å². The van der Waals surface area contributed by atoms with Crippen molar-refractivity contribution in [3.63, 3.8) is 0 Å². The highest BCUT2D eigenvalue weighted by Crippen LogP contribution is 2.36. The third kappa shape index (κ3) is 3.82. The predicted molar refractivity (Wildman–Crippen MR) is 60.4 cm³/mol. The van der Waals surface area contributed by atoms with Crippen molar-refractivity contribution in [1.82, 2.24) is 0 Å². The zero-order chi connectivity index (χ0) is 13.8. The van der Waals surface area contributed by atoms with Crippen molar-refractivity contribution >= 4 is 17.6 Å². The topological polar surface area (TPSA) is 55.8 Å². The molecule has 0 unspecified atom stereocenters. The Kier molecular flexibility index (Phi) is 4.86. The molecule has 0 bridgehead atoms. The van der Waals surface area contributed by atoms with Gasteiger partial charge in [0.2, 0.25) is 0 Å². The molecule has 0 saturated heterocycles. The normalized spacial score (nSPS) is 11.3. The van der Waals surface area contributed by atoms with Gasteiger partial charge in [0.25, 0.3) is 5.92 Å². The van der Waals surface area contributed by atoms with E-state index in [0.717, 1.165) is 6.07 Å². The van der Waals surface area contributed by atoms with E-state index in [-0.39, 0.29) is 10.8 Å². The summed E-state index contributed by atoms with van der Waals surface area (Å²) in [5.74, 6) is -4.74. The van der Waals surface area contributed by atoms with E-state index in [9.17, 15) is 13.6 Å². The standard InChI is InChI=1S/C11H11ClF2O4/c1-17-9-3-2-7(12)4-8(9)11(13,14)6-18-5-10(15)16/h2-4H,5-6H2,1H3,(H,15,16). The van der Waals surface area contributed by atoms with E-state index < -0.39 is 30.7 Å².